The molecular formula is C36H44N6O4. The first kappa shape index (κ1) is 30.4. The third-order valence-corrected chi connectivity index (χ3v) is 10.1. The summed E-state index contributed by atoms with van der Waals surface area (Å²) >= 11 is 0. The molecule has 46 heavy (non-hydrogen) atoms. The van der Waals surface area contributed by atoms with E-state index < -0.39 is 5.60 Å². The van der Waals surface area contributed by atoms with E-state index in [1.807, 2.05) is 49.9 Å². The number of hydrogen-bond donors (Lipinski definition) is 1. The maximum atomic E-state index is 13.1. The van der Waals surface area contributed by atoms with Gasteiger partial charge in [-0.25, -0.2) is 4.79 Å². The minimum atomic E-state index is -0.548. The minimum Gasteiger partial charge on any atom is -0.508 e. The van der Waals surface area contributed by atoms with Gasteiger partial charge < -0.3 is 34.2 Å². The minimum absolute atomic E-state index is 0.109. The van der Waals surface area contributed by atoms with Crippen LogP contribution in [0.2, 0.25) is 0 Å². The number of nitrogens with zero attached hydrogens (tertiary/aromatic N) is 6. The number of phenols is 1. The van der Waals surface area contributed by atoms with Crippen molar-refractivity contribution in [3.05, 3.63) is 53.1 Å². The lowest BCUT2D eigenvalue weighted by molar-refractivity contribution is 0.0209. The van der Waals surface area contributed by atoms with Gasteiger partial charge in [-0.2, -0.15) is 10.2 Å². The molecule has 0 aliphatic carbocycles. The van der Waals surface area contributed by atoms with Gasteiger partial charge in [0.1, 0.15) is 35.4 Å². The molecule has 5 heterocycles. The van der Waals surface area contributed by atoms with Gasteiger partial charge in [-0.3, -0.25) is 0 Å². The van der Waals surface area contributed by atoms with Crippen molar-refractivity contribution in [3.63, 3.8) is 0 Å². The molecule has 1 aromatic heterocycles. The quantitative estimate of drug-likeness (QED) is 0.398. The lowest BCUT2D eigenvalue weighted by Gasteiger charge is -2.43. The van der Waals surface area contributed by atoms with Crippen LogP contribution >= 0.6 is 0 Å². The number of likely N-dealkylation sites (tertiary alicyclic amines) is 2. The molecular weight excluding hydrogens is 580 g/mol. The van der Waals surface area contributed by atoms with Crippen LogP contribution in [0.4, 0.5) is 16.3 Å². The second-order valence-electron chi connectivity index (χ2n) is 14.3. The molecule has 2 aromatic carbocycles. The molecule has 4 aliphatic heterocycles. The topological polar surface area (TPSA) is 105 Å². The molecule has 7 rings (SSSR count). The van der Waals surface area contributed by atoms with Crippen LogP contribution in [0.25, 0.3) is 10.8 Å². The Bertz CT molecular complexity index is 1680. The van der Waals surface area contributed by atoms with E-state index >= 15 is 0 Å². The molecule has 0 radical (unpaired) electrons. The number of aromatic nitrogens is 1. The number of nitriles is 1. The molecule has 2 bridgehead atoms. The van der Waals surface area contributed by atoms with E-state index in [1.165, 1.54) is 0 Å². The number of hydrogen-bond acceptors (Lipinski definition) is 9. The summed E-state index contributed by atoms with van der Waals surface area (Å²) < 4.78 is 12.2. The number of benzene rings is 2. The number of phenolic OH excluding ortho intramolecular Hbond substituents is 1. The number of anilines is 2. The molecule has 1 N–H and O–H groups in total. The standard InChI is InChI=1S/C36H44N6O4/c1-36(2,3)46-35(44)41-19-24-11-12-25(20-41)42(24)33-29-13-15-40(32-17-27(43)16-23-8-5-6-10-28(23)32)21-31(29)30(18-37)34(38-33)45-22-26-9-7-14-39(26)4/h5-6,8,10,16-17,24-26,43H,7,9,11-15,19-22H2,1-4H3/t24-,25+,26-/m0/s1. The van der Waals surface area contributed by atoms with Gasteiger partial charge in [0.2, 0.25) is 5.88 Å². The van der Waals surface area contributed by atoms with Crippen LogP contribution in [0.5, 0.6) is 11.6 Å². The number of amides is 1. The SMILES string of the molecule is CN1CCC[C@H]1COc1nc(N2[C@@H]3CC[C@H]2CN(C(=O)OC(C)(C)C)C3)c2c(c1C#N)CN(c1cc(O)cc3ccccc13)CC2. The lowest BCUT2D eigenvalue weighted by atomic mass is 9.94. The monoisotopic (exact) mass is 624 g/mol. The molecule has 1 amide bonds. The van der Waals surface area contributed by atoms with E-state index in [2.05, 4.69) is 33.9 Å². The Morgan fingerprint density at radius 2 is 1.85 bits per heavy atom. The summed E-state index contributed by atoms with van der Waals surface area (Å²) in [5.41, 5.74) is 2.92. The zero-order chi connectivity index (χ0) is 32.2. The Hall–Kier alpha value is -4.23. The molecule has 0 spiro atoms. The van der Waals surface area contributed by atoms with E-state index in [-0.39, 0.29) is 30.0 Å². The Labute approximate surface area is 271 Å². The van der Waals surface area contributed by atoms with Crippen LogP contribution in [0.3, 0.4) is 0 Å². The predicted molar refractivity (Wildman–Crippen MR) is 178 cm³/mol. The summed E-state index contributed by atoms with van der Waals surface area (Å²) in [4.78, 5) is 27.1. The second kappa shape index (κ2) is 11.8. The normalized spacial score (nSPS) is 23.0. The number of rotatable bonds is 5. The van der Waals surface area contributed by atoms with Crippen LogP contribution in [0, 0.1) is 11.3 Å². The highest BCUT2D eigenvalue weighted by Crippen LogP contribution is 2.43. The van der Waals surface area contributed by atoms with Crippen LogP contribution in [0.1, 0.15) is 63.1 Å². The maximum Gasteiger partial charge on any atom is 0.410 e. The molecule has 3 aromatic rings. The third kappa shape index (κ3) is 5.66. The fourth-order valence-electron chi connectivity index (χ4n) is 7.85. The molecule has 4 aliphatic rings. The summed E-state index contributed by atoms with van der Waals surface area (Å²) in [6.45, 7) is 9.60. The number of carbonyl (C=O) groups excluding carboxylic acids is 1. The number of fused-ring (bicyclic) bond motifs is 4. The van der Waals surface area contributed by atoms with Crippen LogP contribution < -0.4 is 14.5 Å². The number of likely N-dealkylation sites (N-methyl/N-ethyl adjacent to an activating group) is 1. The summed E-state index contributed by atoms with van der Waals surface area (Å²) in [6, 6.07) is 14.7. The largest absolute Gasteiger partial charge is 0.508 e. The van der Waals surface area contributed by atoms with Gasteiger partial charge in [0.05, 0.1) is 0 Å². The zero-order valence-corrected chi connectivity index (χ0v) is 27.3. The predicted octanol–water partition coefficient (Wildman–Crippen LogP) is 5.44. The van der Waals surface area contributed by atoms with Crippen molar-refractivity contribution >= 4 is 28.4 Å². The molecule has 0 unspecified atom stereocenters. The van der Waals surface area contributed by atoms with Crippen molar-refractivity contribution in [1.29, 1.82) is 5.26 Å². The molecule has 3 atom stereocenters. The Kier molecular flexibility index (Phi) is 7.84. The first-order valence-electron chi connectivity index (χ1n) is 16.6. The molecule has 3 fully saturated rings. The van der Waals surface area contributed by atoms with Crippen molar-refractivity contribution in [3.8, 4) is 17.7 Å². The van der Waals surface area contributed by atoms with Crippen molar-refractivity contribution in [2.75, 3.05) is 49.6 Å². The van der Waals surface area contributed by atoms with Gasteiger partial charge in [-0.1, -0.05) is 24.3 Å². The Balaban J connectivity index is 1.26. The molecule has 3 saturated heterocycles. The fraction of sp³-hybridized carbons (Fsp3) is 0.528. The molecule has 10 nitrogen and oxygen atoms in total. The average Bonchev–Trinajstić information content (AvgIpc) is 3.55. The highest BCUT2D eigenvalue weighted by Gasteiger charge is 2.45. The zero-order valence-electron chi connectivity index (χ0n) is 27.3. The highest BCUT2D eigenvalue weighted by molar-refractivity contribution is 5.95. The summed E-state index contributed by atoms with van der Waals surface area (Å²) in [6.07, 6.45) is 4.56. The van der Waals surface area contributed by atoms with E-state index in [4.69, 9.17) is 14.5 Å². The Morgan fingerprint density at radius 3 is 2.54 bits per heavy atom. The van der Waals surface area contributed by atoms with Gasteiger partial charge in [-0.05, 0) is 77.9 Å². The van der Waals surface area contributed by atoms with Crippen LogP contribution in [0.15, 0.2) is 36.4 Å². The molecule has 0 saturated carbocycles. The van der Waals surface area contributed by atoms with Crippen molar-refractivity contribution in [1.82, 2.24) is 14.8 Å². The summed E-state index contributed by atoms with van der Waals surface area (Å²) in [5, 5.41) is 23.2. The maximum absolute atomic E-state index is 13.1. The number of piperazine rings is 1. The van der Waals surface area contributed by atoms with Gasteiger partial charge in [0.25, 0.3) is 0 Å². The van der Waals surface area contributed by atoms with Gasteiger partial charge in [0.15, 0.2) is 0 Å². The van der Waals surface area contributed by atoms with Crippen LogP contribution in [-0.2, 0) is 17.7 Å². The first-order valence-corrected chi connectivity index (χ1v) is 16.6. The number of pyridine rings is 1. The van der Waals surface area contributed by atoms with Crippen molar-refractivity contribution in [2.45, 2.75) is 83.1 Å². The number of ether oxygens (including phenoxy) is 2. The fourth-order valence-corrected chi connectivity index (χ4v) is 7.85. The van der Waals surface area contributed by atoms with Crippen LogP contribution in [-0.4, -0.2) is 89.5 Å². The molecule has 242 valence electrons. The third-order valence-electron chi connectivity index (χ3n) is 10.1. The lowest BCUT2D eigenvalue weighted by Crippen LogP contribution is -2.56. The van der Waals surface area contributed by atoms with Crippen molar-refractivity contribution < 1.29 is 19.4 Å². The van der Waals surface area contributed by atoms with E-state index in [0.29, 0.717) is 44.1 Å². The summed E-state index contributed by atoms with van der Waals surface area (Å²) in [5.74, 6) is 1.51. The van der Waals surface area contributed by atoms with E-state index in [1.54, 1.807) is 6.07 Å². The van der Waals surface area contributed by atoms with E-state index in [0.717, 1.165) is 72.2 Å². The van der Waals surface area contributed by atoms with E-state index in [9.17, 15) is 15.2 Å². The van der Waals surface area contributed by atoms with Gasteiger partial charge >= 0.3 is 6.09 Å². The molecule has 10 heteroatoms. The van der Waals surface area contributed by atoms with Gasteiger partial charge in [0, 0.05) is 72.6 Å². The second-order valence-corrected chi connectivity index (χ2v) is 14.3. The number of carbonyl (C=O) groups is 1. The first-order chi connectivity index (χ1) is 22.1. The van der Waals surface area contributed by atoms with Gasteiger partial charge in [-0.15, -0.1) is 0 Å². The average molecular weight is 625 g/mol. The Morgan fingerprint density at radius 1 is 1.09 bits per heavy atom. The smallest absolute Gasteiger partial charge is 0.410 e. The highest BCUT2D eigenvalue weighted by atomic mass is 16.6. The number of aromatic hydroxyl groups is 1. The van der Waals surface area contributed by atoms with Crippen molar-refractivity contribution in [2.24, 2.45) is 0 Å². The summed E-state index contributed by atoms with van der Waals surface area (Å²) in [7, 11) is 2.12.